The zero-order valence-electron chi connectivity index (χ0n) is 31.5. The molecule has 3 heterocycles. The Bertz CT molecular complexity index is 2250. The maximum Gasteiger partial charge on any atom is 0.345 e. The average Bonchev–Trinajstić information content (AvgIpc) is 3.95. The maximum absolute atomic E-state index is 12.8. The van der Waals surface area contributed by atoms with E-state index in [1.54, 1.807) is 43.8 Å². The SMILES string of the molecule is C=C/C=C\C(=C(/C)OC)c1nccc(COc2ccccc2CC(Oc2nsc3cnc(C4CC4)c(-c4ccc(OCCN(C)C)c(Cl)c4C)c23)C(=O)O)n1. The standard InChI is InChI=1S/C42H44ClN5O6S/c1-7-8-12-31(26(3)51-6)40-44-19-18-29(46-40)24-53-32-13-10-9-11-28(32)22-34(42(49)50)54-41-37-35(55-47-41)23-45-39(27-14-15-27)36(37)30-16-17-33(38(43)25(30)2)52-21-20-48(4)5/h7-13,16-19,23,27,34H,1,14-15,20-22,24H2,2-6H3,(H,49,50)/b12-8-,31-26-. The highest BCUT2D eigenvalue weighted by molar-refractivity contribution is 7.13. The number of halogens is 1. The summed E-state index contributed by atoms with van der Waals surface area (Å²) in [4.78, 5) is 28.9. The maximum atomic E-state index is 12.8. The average molecular weight is 782 g/mol. The van der Waals surface area contributed by atoms with Crippen molar-refractivity contribution >= 4 is 44.8 Å². The number of aliphatic carboxylic acids is 1. The van der Waals surface area contributed by atoms with E-state index in [4.69, 9.17) is 40.5 Å². The minimum Gasteiger partial charge on any atom is -0.501 e. The Morgan fingerprint density at radius 1 is 1.13 bits per heavy atom. The lowest BCUT2D eigenvalue weighted by Gasteiger charge is -2.19. The summed E-state index contributed by atoms with van der Waals surface area (Å²) in [5.74, 6) is 1.63. The number of hydrogen-bond acceptors (Lipinski definition) is 11. The number of pyridine rings is 1. The van der Waals surface area contributed by atoms with Crippen molar-refractivity contribution in [1.82, 2.24) is 24.2 Å². The van der Waals surface area contributed by atoms with E-state index in [1.165, 1.54) is 11.5 Å². The van der Waals surface area contributed by atoms with Crippen molar-refractivity contribution in [3.05, 3.63) is 119 Å². The molecule has 3 aromatic heterocycles. The molecule has 0 saturated heterocycles. The Balaban J connectivity index is 1.28. The van der Waals surface area contributed by atoms with E-state index in [-0.39, 0.29) is 24.8 Å². The predicted molar refractivity (Wildman–Crippen MR) is 216 cm³/mol. The number of nitrogens with zero attached hydrogens (tertiary/aromatic N) is 5. The summed E-state index contributed by atoms with van der Waals surface area (Å²) in [6.07, 6.45) is 9.52. The van der Waals surface area contributed by atoms with E-state index in [0.717, 1.165) is 51.9 Å². The lowest BCUT2D eigenvalue weighted by molar-refractivity contribution is -0.145. The Morgan fingerprint density at radius 2 is 1.93 bits per heavy atom. The number of aromatic nitrogens is 4. The summed E-state index contributed by atoms with van der Waals surface area (Å²) in [5.41, 5.74) is 5.50. The number of carboxylic acids is 1. The van der Waals surface area contributed by atoms with Gasteiger partial charge in [0.05, 0.1) is 39.2 Å². The van der Waals surface area contributed by atoms with Crippen LogP contribution in [0.25, 0.3) is 26.8 Å². The molecule has 0 amide bonds. The Hall–Kier alpha value is -5.30. The second kappa shape index (κ2) is 17.9. The molecular formula is C42H44ClN5O6S. The van der Waals surface area contributed by atoms with Crippen LogP contribution < -0.4 is 14.2 Å². The molecule has 1 N–H and O–H groups in total. The van der Waals surface area contributed by atoms with Gasteiger partial charge in [-0.05, 0) is 93.3 Å². The van der Waals surface area contributed by atoms with E-state index in [1.807, 2.05) is 69.3 Å². The summed E-state index contributed by atoms with van der Waals surface area (Å²) in [7, 11) is 5.57. The van der Waals surface area contributed by atoms with Crippen LogP contribution >= 0.6 is 23.1 Å². The molecule has 1 aliphatic carbocycles. The summed E-state index contributed by atoms with van der Waals surface area (Å²) in [5, 5.41) is 11.7. The fourth-order valence-corrected chi connectivity index (χ4v) is 6.95. The third-order valence-electron chi connectivity index (χ3n) is 9.22. The van der Waals surface area contributed by atoms with E-state index in [2.05, 4.69) is 15.9 Å². The summed E-state index contributed by atoms with van der Waals surface area (Å²) in [6.45, 7) is 8.90. The zero-order valence-corrected chi connectivity index (χ0v) is 33.1. The Morgan fingerprint density at radius 3 is 2.65 bits per heavy atom. The lowest BCUT2D eigenvalue weighted by Crippen LogP contribution is -2.29. The smallest absolute Gasteiger partial charge is 0.345 e. The first-order valence-corrected chi connectivity index (χ1v) is 19.1. The van der Waals surface area contributed by atoms with Gasteiger partial charge in [-0.25, -0.2) is 14.8 Å². The molecule has 55 heavy (non-hydrogen) atoms. The number of carbonyl (C=O) groups is 1. The molecule has 286 valence electrons. The summed E-state index contributed by atoms with van der Waals surface area (Å²) in [6, 6.07) is 12.9. The van der Waals surface area contributed by atoms with Crippen molar-refractivity contribution in [3.8, 4) is 28.5 Å². The fourth-order valence-electron chi connectivity index (χ4n) is 6.04. The fraction of sp³-hybridized carbons (Fsp3) is 0.310. The van der Waals surface area contributed by atoms with Gasteiger partial charge in [0.2, 0.25) is 12.0 Å². The third-order valence-corrected chi connectivity index (χ3v) is 10.4. The molecule has 0 aliphatic heterocycles. The molecule has 0 bridgehead atoms. The number of methoxy groups -OCH3 is 1. The molecule has 0 radical (unpaired) electrons. The van der Waals surface area contributed by atoms with Gasteiger partial charge >= 0.3 is 5.97 Å². The largest absolute Gasteiger partial charge is 0.501 e. The molecular weight excluding hydrogens is 738 g/mol. The van der Waals surface area contributed by atoms with Crippen LogP contribution in [0, 0.1) is 6.92 Å². The first kappa shape index (κ1) is 39.4. The lowest BCUT2D eigenvalue weighted by atomic mass is 9.94. The van der Waals surface area contributed by atoms with Crippen molar-refractivity contribution in [2.75, 3.05) is 34.4 Å². The normalized spacial score (nSPS) is 13.9. The van der Waals surface area contributed by atoms with Gasteiger partial charge in [-0.1, -0.05) is 54.6 Å². The monoisotopic (exact) mass is 781 g/mol. The van der Waals surface area contributed by atoms with Crippen molar-refractivity contribution in [2.24, 2.45) is 0 Å². The molecule has 1 fully saturated rings. The van der Waals surface area contributed by atoms with E-state index < -0.39 is 12.1 Å². The third kappa shape index (κ3) is 9.33. The second-order valence-corrected chi connectivity index (χ2v) is 14.6. The van der Waals surface area contributed by atoms with Crippen LogP contribution in [0.15, 0.2) is 85.4 Å². The predicted octanol–water partition coefficient (Wildman–Crippen LogP) is 8.70. The number of para-hydroxylation sites is 1. The van der Waals surface area contributed by atoms with E-state index >= 15 is 0 Å². The van der Waals surface area contributed by atoms with Crippen molar-refractivity contribution in [2.45, 2.75) is 51.7 Å². The molecule has 1 aliphatic rings. The van der Waals surface area contributed by atoms with Crippen LogP contribution in [0.3, 0.4) is 0 Å². The summed E-state index contributed by atoms with van der Waals surface area (Å²) >= 11 is 8.14. The molecule has 6 rings (SSSR count). The number of ether oxygens (including phenoxy) is 4. The minimum atomic E-state index is -1.27. The van der Waals surface area contributed by atoms with Gasteiger partial charge in [0, 0.05) is 36.8 Å². The van der Waals surface area contributed by atoms with Crippen LogP contribution in [-0.2, 0) is 22.6 Å². The highest BCUT2D eigenvalue weighted by atomic mass is 35.5. The van der Waals surface area contributed by atoms with Crippen molar-refractivity contribution in [1.29, 1.82) is 0 Å². The number of fused-ring (bicyclic) bond motifs is 1. The number of hydrogen-bond donors (Lipinski definition) is 1. The molecule has 11 nitrogen and oxygen atoms in total. The van der Waals surface area contributed by atoms with Crippen molar-refractivity contribution < 1.29 is 28.8 Å². The van der Waals surface area contributed by atoms with Gasteiger partial charge in [0.1, 0.15) is 30.5 Å². The molecule has 1 atom stereocenters. The Kier molecular flexibility index (Phi) is 12.8. The van der Waals surface area contributed by atoms with Crippen LogP contribution in [0.4, 0.5) is 0 Å². The number of allylic oxidation sites excluding steroid dienone is 5. The molecule has 2 aromatic carbocycles. The Labute approximate surface area is 330 Å². The zero-order chi connectivity index (χ0) is 39.1. The first-order chi connectivity index (χ1) is 26.6. The highest BCUT2D eigenvalue weighted by Gasteiger charge is 2.33. The summed E-state index contributed by atoms with van der Waals surface area (Å²) < 4.78 is 29.5. The van der Waals surface area contributed by atoms with Crippen LogP contribution in [0.1, 0.15) is 54.0 Å². The second-order valence-electron chi connectivity index (χ2n) is 13.4. The van der Waals surface area contributed by atoms with Crippen molar-refractivity contribution in [3.63, 3.8) is 0 Å². The molecule has 0 spiro atoms. The quantitative estimate of drug-likeness (QED) is 0.0677. The van der Waals surface area contributed by atoms with E-state index in [0.29, 0.717) is 51.5 Å². The molecule has 13 heteroatoms. The van der Waals surface area contributed by atoms with Gasteiger partial charge in [-0.15, -0.1) is 0 Å². The highest BCUT2D eigenvalue weighted by Crippen LogP contribution is 2.50. The molecule has 1 unspecified atom stereocenters. The van der Waals surface area contributed by atoms with Crippen LogP contribution in [-0.4, -0.2) is 75.8 Å². The van der Waals surface area contributed by atoms with Gasteiger partial charge in [-0.2, -0.15) is 4.37 Å². The number of likely N-dealkylation sites (N-methyl/N-ethyl adjacent to an activating group) is 1. The van der Waals surface area contributed by atoms with E-state index in [9.17, 15) is 9.90 Å². The topological polar surface area (TPSA) is 129 Å². The van der Waals surface area contributed by atoms with Gasteiger partial charge in [-0.3, -0.25) is 4.98 Å². The molecule has 1 saturated carbocycles. The van der Waals surface area contributed by atoms with Gasteiger partial charge in [0.15, 0.2) is 5.82 Å². The van der Waals surface area contributed by atoms with Crippen LogP contribution in [0.2, 0.25) is 5.02 Å². The van der Waals surface area contributed by atoms with Crippen LogP contribution in [0.5, 0.6) is 17.4 Å². The number of carboxylic acid groups (broad SMARTS) is 1. The number of rotatable bonds is 18. The van der Waals surface area contributed by atoms with Gasteiger partial charge < -0.3 is 29.0 Å². The van der Waals surface area contributed by atoms with Gasteiger partial charge in [0.25, 0.3) is 0 Å². The first-order valence-electron chi connectivity index (χ1n) is 17.9. The minimum absolute atomic E-state index is 0.0194. The number of benzene rings is 2. The molecule has 5 aromatic rings.